The van der Waals surface area contributed by atoms with Gasteiger partial charge in [0.05, 0.1) is 7.11 Å². The van der Waals surface area contributed by atoms with Crippen LogP contribution in [0.1, 0.15) is 21.8 Å². The SMILES string of the molecule is COC(=O)C1CN(c2ccc(F)cc2)C(=O)c2ccccc21. The van der Waals surface area contributed by atoms with Crippen molar-refractivity contribution in [2.45, 2.75) is 5.92 Å². The number of nitrogens with zero attached hydrogens (tertiary/aromatic N) is 1. The van der Waals surface area contributed by atoms with Crippen LogP contribution in [0.3, 0.4) is 0 Å². The van der Waals surface area contributed by atoms with Crippen molar-refractivity contribution in [3.8, 4) is 0 Å². The smallest absolute Gasteiger partial charge is 0.314 e. The molecule has 2 aromatic carbocycles. The van der Waals surface area contributed by atoms with Crippen LogP contribution in [0.25, 0.3) is 0 Å². The number of amides is 1. The van der Waals surface area contributed by atoms with Gasteiger partial charge in [-0.25, -0.2) is 4.39 Å². The van der Waals surface area contributed by atoms with Crippen LogP contribution in [0, 0.1) is 5.82 Å². The molecular weight excluding hydrogens is 285 g/mol. The fourth-order valence-corrected chi connectivity index (χ4v) is 2.69. The Morgan fingerprint density at radius 3 is 2.55 bits per heavy atom. The first-order valence-electron chi connectivity index (χ1n) is 6.86. The summed E-state index contributed by atoms with van der Waals surface area (Å²) >= 11 is 0. The molecule has 1 atom stereocenters. The Kier molecular flexibility index (Phi) is 3.63. The lowest BCUT2D eigenvalue weighted by Crippen LogP contribution is -2.42. The molecule has 0 aromatic heterocycles. The maximum absolute atomic E-state index is 13.1. The molecule has 3 rings (SSSR count). The van der Waals surface area contributed by atoms with E-state index in [-0.39, 0.29) is 18.3 Å². The van der Waals surface area contributed by atoms with Crippen molar-refractivity contribution in [3.05, 3.63) is 65.5 Å². The number of halogens is 1. The highest BCUT2D eigenvalue weighted by Crippen LogP contribution is 2.32. The molecule has 0 spiro atoms. The van der Waals surface area contributed by atoms with E-state index in [0.717, 1.165) is 0 Å². The molecule has 1 unspecified atom stereocenters. The number of esters is 1. The zero-order chi connectivity index (χ0) is 15.7. The van der Waals surface area contributed by atoms with Gasteiger partial charge >= 0.3 is 5.97 Å². The van der Waals surface area contributed by atoms with Crippen LogP contribution in [-0.4, -0.2) is 25.5 Å². The molecule has 0 aliphatic carbocycles. The number of carbonyl (C=O) groups is 2. The van der Waals surface area contributed by atoms with E-state index in [2.05, 4.69) is 0 Å². The number of benzene rings is 2. The maximum Gasteiger partial charge on any atom is 0.314 e. The molecule has 2 aromatic rings. The van der Waals surface area contributed by atoms with Crippen molar-refractivity contribution in [3.63, 3.8) is 0 Å². The molecule has 1 aliphatic rings. The predicted octanol–water partition coefficient (Wildman–Crippen LogP) is 2.74. The first kappa shape index (κ1) is 14.3. The van der Waals surface area contributed by atoms with E-state index in [9.17, 15) is 14.0 Å². The third-order valence-electron chi connectivity index (χ3n) is 3.80. The van der Waals surface area contributed by atoms with Crippen LogP contribution in [0.4, 0.5) is 10.1 Å². The number of fused-ring (bicyclic) bond motifs is 1. The van der Waals surface area contributed by atoms with E-state index in [1.54, 1.807) is 24.3 Å². The van der Waals surface area contributed by atoms with Gasteiger partial charge in [-0.3, -0.25) is 9.59 Å². The summed E-state index contributed by atoms with van der Waals surface area (Å²) < 4.78 is 17.9. The van der Waals surface area contributed by atoms with Crippen LogP contribution in [-0.2, 0) is 9.53 Å². The van der Waals surface area contributed by atoms with Crippen molar-refractivity contribution in [2.75, 3.05) is 18.6 Å². The van der Waals surface area contributed by atoms with Gasteiger partial charge in [0.15, 0.2) is 0 Å². The Morgan fingerprint density at radius 1 is 1.18 bits per heavy atom. The van der Waals surface area contributed by atoms with Gasteiger partial charge in [-0.2, -0.15) is 0 Å². The molecule has 0 fully saturated rings. The molecule has 0 N–H and O–H groups in total. The summed E-state index contributed by atoms with van der Waals surface area (Å²) in [6, 6.07) is 12.6. The number of hydrogen-bond acceptors (Lipinski definition) is 3. The summed E-state index contributed by atoms with van der Waals surface area (Å²) in [5.41, 5.74) is 1.68. The van der Waals surface area contributed by atoms with E-state index < -0.39 is 11.9 Å². The second kappa shape index (κ2) is 5.60. The van der Waals surface area contributed by atoms with Crippen LogP contribution in [0.5, 0.6) is 0 Å². The van der Waals surface area contributed by atoms with Gasteiger partial charge in [0.2, 0.25) is 0 Å². The Morgan fingerprint density at radius 2 is 1.86 bits per heavy atom. The van der Waals surface area contributed by atoms with Crippen LogP contribution < -0.4 is 4.90 Å². The molecular formula is C17H14FNO3. The number of ether oxygens (including phenoxy) is 1. The van der Waals surface area contributed by atoms with E-state index in [1.165, 1.54) is 36.3 Å². The van der Waals surface area contributed by atoms with E-state index in [0.29, 0.717) is 16.8 Å². The molecule has 1 heterocycles. The molecule has 1 aliphatic heterocycles. The van der Waals surface area contributed by atoms with Crippen molar-refractivity contribution in [1.29, 1.82) is 0 Å². The standard InChI is InChI=1S/C17H14FNO3/c1-22-17(21)15-10-19(12-8-6-11(18)7-9-12)16(20)14-5-3-2-4-13(14)15/h2-9,15H,10H2,1H3. The summed E-state index contributed by atoms with van der Waals surface area (Å²) in [6.45, 7) is 0.175. The zero-order valence-electron chi connectivity index (χ0n) is 12.0. The lowest BCUT2D eigenvalue weighted by Gasteiger charge is -2.33. The molecule has 4 nitrogen and oxygen atoms in total. The highest BCUT2D eigenvalue weighted by atomic mass is 19.1. The van der Waals surface area contributed by atoms with E-state index in [4.69, 9.17) is 4.74 Å². The molecule has 0 bridgehead atoms. The van der Waals surface area contributed by atoms with Gasteiger partial charge in [-0.05, 0) is 35.9 Å². The van der Waals surface area contributed by atoms with Crippen LogP contribution in [0.2, 0.25) is 0 Å². The first-order valence-corrected chi connectivity index (χ1v) is 6.86. The summed E-state index contributed by atoms with van der Waals surface area (Å²) in [5.74, 6) is -1.53. The molecule has 5 heteroatoms. The van der Waals surface area contributed by atoms with Crippen LogP contribution in [0.15, 0.2) is 48.5 Å². The topological polar surface area (TPSA) is 46.6 Å². The third kappa shape index (κ3) is 2.35. The molecule has 0 saturated carbocycles. The molecule has 0 saturated heterocycles. The van der Waals surface area contributed by atoms with Crippen molar-refractivity contribution >= 4 is 17.6 Å². The average molecular weight is 299 g/mol. The Labute approximate surface area is 127 Å². The zero-order valence-corrected chi connectivity index (χ0v) is 12.0. The largest absolute Gasteiger partial charge is 0.468 e. The highest BCUT2D eigenvalue weighted by molar-refractivity contribution is 6.10. The number of rotatable bonds is 2. The lowest BCUT2D eigenvalue weighted by atomic mass is 9.89. The van der Waals surface area contributed by atoms with Gasteiger partial charge in [0.25, 0.3) is 5.91 Å². The van der Waals surface area contributed by atoms with Gasteiger partial charge < -0.3 is 9.64 Å². The lowest BCUT2D eigenvalue weighted by molar-refractivity contribution is -0.142. The Hall–Kier alpha value is -2.69. The number of methoxy groups -OCH3 is 1. The van der Waals surface area contributed by atoms with Gasteiger partial charge in [0, 0.05) is 17.8 Å². The second-order valence-corrected chi connectivity index (χ2v) is 5.06. The Balaban J connectivity index is 2.06. The molecule has 1 amide bonds. The normalized spacial score (nSPS) is 17.1. The number of carbonyl (C=O) groups excluding carboxylic acids is 2. The van der Waals surface area contributed by atoms with Crippen molar-refractivity contribution in [2.24, 2.45) is 0 Å². The minimum Gasteiger partial charge on any atom is -0.468 e. The van der Waals surface area contributed by atoms with E-state index >= 15 is 0 Å². The minimum atomic E-state index is -0.552. The fourth-order valence-electron chi connectivity index (χ4n) is 2.69. The van der Waals surface area contributed by atoms with Gasteiger partial charge in [0.1, 0.15) is 11.7 Å². The second-order valence-electron chi connectivity index (χ2n) is 5.06. The third-order valence-corrected chi connectivity index (χ3v) is 3.80. The monoisotopic (exact) mass is 299 g/mol. The minimum absolute atomic E-state index is 0.175. The van der Waals surface area contributed by atoms with Gasteiger partial charge in [-0.1, -0.05) is 18.2 Å². The summed E-state index contributed by atoms with van der Waals surface area (Å²) in [5, 5.41) is 0. The van der Waals surface area contributed by atoms with Gasteiger partial charge in [-0.15, -0.1) is 0 Å². The highest BCUT2D eigenvalue weighted by Gasteiger charge is 2.36. The first-order chi connectivity index (χ1) is 10.6. The average Bonchev–Trinajstić information content (AvgIpc) is 2.56. The number of hydrogen-bond donors (Lipinski definition) is 0. The number of anilines is 1. The quantitative estimate of drug-likeness (QED) is 0.801. The van der Waals surface area contributed by atoms with Crippen molar-refractivity contribution in [1.82, 2.24) is 0 Å². The maximum atomic E-state index is 13.1. The van der Waals surface area contributed by atoms with Crippen LogP contribution >= 0.6 is 0 Å². The van der Waals surface area contributed by atoms with Crippen molar-refractivity contribution < 1.29 is 18.7 Å². The summed E-state index contributed by atoms with van der Waals surface area (Å²) in [6.07, 6.45) is 0. The molecule has 112 valence electrons. The molecule has 0 radical (unpaired) electrons. The summed E-state index contributed by atoms with van der Waals surface area (Å²) in [7, 11) is 1.32. The van der Waals surface area contributed by atoms with E-state index in [1.807, 2.05) is 0 Å². The molecule has 22 heavy (non-hydrogen) atoms. The fraction of sp³-hybridized carbons (Fsp3) is 0.176. The predicted molar refractivity (Wildman–Crippen MR) is 79.3 cm³/mol. The Bertz CT molecular complexity index is 727. The summed E-state index contributed by atoms with van der Waals surface area (Å²) in [4.78, 5) is 26.2.